The molecular formula is C14H21BrN2O2S. The number of benzene rings is 1. The van der Waals surface area contributed by atoms with Crippen LogP contribution in [0.1, 0.15) is 12.0 Å². The summed E-state index contributed by atoms with van der Waals surface area (Å²) in [6.07, 6.45) is 0.719. The molecule has 0 aliphatic heterocycles. The molecule has 0 aliphatic rings. The number of nitrogens with zero attached hydrogens (tertiary/aromatic N) is 1. The van der Waals surface area contributed by atoms with E-state index in [1.807, 2.05) is 6.07 Å². The van der Waals surface area contributed by atoms with Gasteiger partial charge in [-0.2, -0.15) is 0 Å². The van der Waals surface area contributed by atoms with Crippen LogP contribution in [0.3, 0.4) is 0 Å². The van der Waals surface area contributed by atoms with Crippen LogP contribution in [0, 0.1) is 0 Å². The number of methoxy groups -OCH3 is 2. The van der Waals surface area contributed by atoms with E-state index in [1.54, 1.807) is 14.2 Å². The summed E-state index contributed by atoms with van der Waals surface area (Å²) in [5.41, 5.74) is 6.78. The van der Waals surface area contributed by atoms with E-state index in [0.29, 0.717) is 11.6 Å². The number of thiocarbonyl (C=S) groups is 1. The maximum atomic E-state index is 5.57. The topological polar surface area (TPSA) is 47.7 Å². The van der Waals surface area contributed by atoms with Gasteiger partial charge in [-0.15, -0.1) is 0 Å². The Balaban J connectivity index is 2.67. The molecule has 1 aromatic rings. The molecular weight excluding hydrogens is 340 g/mol. The highest BCUT2D eigenvalue weighted by molar-refractivity contribution is 9.10. The minimum Gasteiger partial charge on any atom is -0.496 e. The van der Waals surface area contributed by atoms with E-state index in [2.05, 4.69) is 33.0 Å². The zero-order valence-electron chi connectivity index (χ0n) is 11.9. The summed E-state index contributed by atoms with van der Waals surface area (Å²) in [6.45, 7) is 3.20. The van der Waals surface area contributed by atoms with E-state index in [1.165, 1.54) is 5.56 Å². The van der Waals surface area contributed by atoms with Crippen molar-refractivity contribution in [2.45, 2.75) is 13.0 Å². The highest BCUT2D eigenvalue weighted by Crippen LogP contribution is 2.26. The molecule has 0 aromatic heterocycles. The first-order valence-electron chi connectivity index (χ1n) is 6.38. The lowest BCUT2D eigenvalue weighted by Gasteiger charge is -2.22. The number of ether oxygens (including phenoxy) is 2. The first kappa shape index (κ1) is 17.4. The van der Waals surface area contributed by atoms with Gasteiger partial charge in [-0.05, 0) is 33.6 Å². The van der Waals surface area contributed by atoms with E-state index in [0.717, 1.165) is 36.3 Å². The van der Waals surface area contributed by atoms with E-state index >= 15 is 0 Å². The van der Waals surface area contributed by atoms with Crippen LogP contribution in [0.2, 0.25) is 0 Å². The van der Waals surface area contributed by atoms with Gasteiger partial charge in [-0.25, -0.2) is 0 Å². The van der Waals surface area contributed by atoms with Crippen LogP contribution in [0.15, 0.2) is 22.7 Å². The molecule has 0 atom stereocenters. The second kappa shape index (κ2) is 9.28. The molecule has 0 saturated carbocycles. The van der Waals surface area contributed by atoms with Gasteiger partial charge in [0.2, 0.25) is 0 Å². The van der Waals surface area contributed by atoms with Gasteiger partial charge in [-0.1, -0.05) is 18.3 Å². The number of rotatable bonds is 9. The van der Waals surface area contributed by atoms with Crippen molar-refractivity contribution in [3.8, 4) is 5.75 Å². The zero-order valence-corrected chi connectivity index (χ0v) is 14.3. The molecule has 0 aliphatic carbocycles. The molecule has 1 rings (SSSR count). The summed E-state index contributed by atoms with van der Waals surface area (Å²) in [6, 6.07) is 6.09. The molecule has 0 spiro atoms. The van der Waals surface area contributed by atoms with Crippen LogP contribution < -0.4 is 10.5 Å². The normalized spacial score (nSPS) is 10.8. The van der Waals surface area contributed by atoms with E-state index < -0.39 is 0 Å². The summed E-state index contributed by atoms with van der Waals surface area (Å²) >= 11 is 8.44. The molecule has 0 radical (unpaired) electrons. The fourth-order valence-electron chi connectivity index (χ4n) is 1.83. The van der Waals surface area contributed by atoms with Crippen molar-refractivity contribution < 1.29 is 9.47 Å². The maximum Gasteiger partial charge on any atom is 0.133 e. The van der Waals surface area contributed by atoms with E-state index in [9.17, 15) is 0 Å². The molecule has 0 amide bonds. The first-order valence-corrected chi connectivity index (χ1v) is 7.59. The van der Waals surface area contributed by atoms with Crippen molar-refractivity contribution >= 4 is 33.1 Å². The average Bonchev–Trinajstić information content (AvgIpc) is 2.42. The van der Waals surface area contributed by atoms with Gasteiger partial charge >= 0.3 is 0 Å². The van der Waals surface area contributed by atoms with Crippen molar-refractivity contribution in [1.82, 2.24) is 4.90 Å². The molecule has 0 fully saturated rings. The highest BCUT2D eigenvalue weighted by atomic mass is 79.9. The Bertz CT molecular complexity index is 443. The number of halogens is 1. The summed E-state index contributed by atoms with van der Waals surface area (Å²) < 4.78 is 11.3. The third-order valence-electron chi connectivity index (χ3n) is 2.91. The summed E-state index contributed by atoms with van der Waals surface area (Å²) in [7, 11) is 3.36. The Morgan fingerprint density at radius 1 is 1.35 bits per heavy atom. The lowest BCUT2D eigenvalue weighted by molar-refractivity contribution is 0.146. The van der Waals surface area contributed by atoms with Crippen molar-refractivity contribution in [2.24, 2.45) is 5.73 Å². The maximum absolute atomic E-state index is 5.57. The molecule has 0 heterocycles. The van der Waals surface area contributed by atoms with Crippen LogP contribution in [0.5, 0.6) is 5.75 Å². The Morgan fingerprint density at radius 3 is 2.65 bits per heavy atom. The summed E-state index contributed by atoms with van der Waals surface area (Å²) in [4.78, 5) is 2.82. The quantitative estimate of drug-likeness (QED) is 0.685. The average molecular weight is 361 g/mol. The Hall–Kier alpha value is -0.690. The first-order chi connectivity index (χ1) is 9.56. The smallest absolute Gasteiger partial charge is 0.133 e. The van der Waals surface area contributed by atoms with Gasteiger partial charge < -0.3 is 15.2 Å². The molecule has 4 nitrogen and oxygen atoms in total. The van der Waals surface area contributed by atoms with Gasteiger partial charge in [0.05, 0.1) is 23.2 Å². The molecule has 0 bridgehead atoms. The predicted molar refractivity (Wildman–Crippen MR) is 89.2 cm³/mol. The molecule has 0 unspecified atom stereocenters. The van der Waals surface area contributed by atoms with Gasteiger partial charge in [-0.3, -0.25) is 4.90 Å². The second-order valence-corrected chi connectivity index (χ2v) is 5.83. The van der Waals surface area contributed by atoms with Gasteiger partial charge in [0.1, 0.15) is 5.75 Å². The van der Waals surface area contributed by atoms with Crippen molar-refractivity contribution in [3.05, 3.63) is 28.2 Å². The van der Waals surface area contributed by atoms with Crippen molar-refractivity contribution in [2.75, 3.05) is 33.9 Å². The molecule has 1 aromatic carbocycles. The van der Waals surface area contributed by atoms with Crippen LogP contribution in [-0.2, 0) is 11.3 Å². The lowest BCUT2D eigenvalue weighted by atomic mass is 10.2. The van der Waals surface area contributed by atoms with Crippen LogP contribution >= 0.6 is 28.1 Å². The fraction of sp³-hybridized carbons (Fsp3) is 0.500. The van der Waals surface area contributed by atoms with Crippen LogP contribution in [0.25, 0.3) is 0 Å². The third-order valence-corrected chi connectivity index (χ3v) is 3.73. The molecule has 20 heavy (non-hydrogen) atoms. The van der Waals surface area contributed by atoms with Gasteiger partial charge in [0, 0.05) is 33.2 Å². The fourth-order valence-corrected chi connectivity index (χ4v) is 2.50. The minimum absolute atomic E-state index is 0.545. The van der Waals surface area contributed by atoms with Crippen LogP contribution in [0.4, 0.5) is 0 Å². The van der Waals surface area contributed by atoms with Crippen molar-refractivity contribution in [1.29, 1.82) is 0 Å². The van der Waals surface area contributed by atoms with Gasteiger partial charge in [0.15, 0.2) is 0 Å². The predicted octanol–water partition coefficient (Wildman–Crippen LogP) is 2.58. The standard InChI is InChI=1S/C14H21BrN2O2S/c1-18-8-7-17(6-5-14(16)20)10-11-3-4-13(19-2)12(15)9-11/h3-4,9H,5-8,10H2,1-2H3,(H2,16,20). The number of hydrogen-bond donors (Lipinski definition) is 1. The molecule has 0 saturated heterocycles. The second-order valence-electron chi connectivity index (χ2n) is 4.45. The zero-order chi connectivity index (χ0) is 15.0. The number of nitrogens with two attached hydrogens (primary N) is 1. The van der Waals surface area contributed by atoms with E-state index in [-0.39, 0.29) is 0 Å². The van der Waals surface area contributed by atoms with Crippen LogP contribution in [-0.4, -0.2) is 43.8 Å². The summed E-state index contributed by atoms with van der Waals surface area (Å²) in [5.74, 6) is 0.834. The largest absolute Gasteiger partial charge is 0.496 e. The third kappa shape index (κ3) is 6.17. The summed E-state index contributed by atoms with van der Waals surface area (Å²) in [5, 5.41) is 0. The minimum atomic E-state index is 0.545. The Kier molecular flexibility index (Phi) is 8.06. The SMILES string of the molecule is COCCN(CCC(N)=S)Cc1ccc(OC)c(Br)c1. The Morgan fingerprint density at radius 2 is 2.10 bits per heavy atom. The molecule has 112 valence electrons. The highest BCUT2D eigenvalue weighted by Gasteiger charge is 2.08. The molecule has 6 heteroatoms. The monoisotopic (exact) mass is 360 g/mol. The van der Waals surface area contributed by atoms with Crippen molar-refractivity contribution in [3.63, 3.8) is 0 Å². The lowest BCUT2D eigenvalue weighted by Crippen LogP contribution is -2.30. The van der Waals surface area contributed by atoms with E-state index in [4.69, 9.17) is 27.4 Å². The molecule has 2 N–H and O–H groups in total. The Labute approximate surface area is 134 Å². The van der Waals surface area contributed by atoms with Gasteiger partial charge in [0.25, 0.3) is 0 Å². The number of hydrogen-bond acceptors (Lipinski definition) is 4.